The molecule has 0 spiro atoms. The van der Waals surface area contributed by atoms with Crippen LogP contribution in [0, 0.1) is 5.82 Å². The van der Waals surface area contributed by atoms with Crippen LogP contribution < -0.4 is 10.9 Å². The van der Waals surface area contributed by atoms with Gasteiger partial charge >= 0.3 is 6.03 Å². The van der Waals surface area contributed by atoms with Gasteiger partial charge in [0, 0.05) is 38.3 Å². The summed E-state index contributed by atoms with van der Waals surface area (Å²) in [5.74, 6) is -0.899. The number of hydrogen-bond acceptors (Lipinski definition) is 3. The molecule has 6 nitrogen and oxygen atoms in total. The summed E-state index contributed by atoms with van der Waals surface area (Å²) in [6, 6.07) is 15.0. The topological polar surface area (TPSA) is 64.7 Å². The fourth-order valence-electron chi connectivity index (χ4n) is 3.04. The van der Waals surface area contributed by atoms with Crippen molar-refractivity contribution >= 4 is 11.9 Å². The number of hydrazine groups is 1. The minimum absolute atomic E-state index is 0.279. The highest BCUT2D eigenvalue weighted by molar-refractivity contribution is 5.95. The molecule has 0 unspecified atom stereocenters. The first kappa shape index (κ1) is 18.8. The van der Waals surface area contributed by atoms with Gasteiger partial charge in [-0.1, -0.05) is 30.3 Å². The summed E-state index contributed by atoms with van der Waals surface area (Å²) < 4.78 is 12.9. The van der Waals surface area contributed by atoms with Gasteiger partial charge in [-0.15, -0.1) is 0 Å². The SMILES string of the molecule is O=C(NNC(=O)N1CCCN(Cc2ccccc2)CC1)c1ccc(F)cc1. The first-order valence-electron chi connectivity index (χ1n) is 8.99. The fourth-order valence-corrected chi connectivity index (χ4v) is 3.04. The molecule has 0 saturated carbocycles. The quantitative estimate of drug-likeness (QED) is 0.816. The van der Waals surface area contributed by atoms with Gasteiger partial charge in [-0.2, -0.15) is 0 Å². The zero-order chi connectivity index (χ0) is 19.1. The second kappa shape index (κ2) is 9.14. The first-order valence-corrected chi connectivity index (χ1v) is 8.99. The number of carbonyl (C=O) groups is 2. The third kappa shape index (κ3) is 5.52. The van der Waals surface area contributed by atoms with Crippen LogP contribution in [-0.2, 0) is 6.54 Å². The number of nitrogens with zero attached hydrogens (tertiary/aromatic N) is 2. The normalized spacial score (nSPS) is 15.1. The summed E-state index contributed by atoms with van der Waals surface area (Å²) >= 11 is 0. The number of benzene rings is 2. The van der Waals surface area contributed by atoms with E-state index in [2.05, 4.69) is 27.9 Å². The van der Waals surface area contributed by atoms with Crippen LogP contribution in [0.2, 0.25) is 0 Å². The summed E-state index contributed by atoms with van der Waals surface area (Å²) in [4.78, 5) is 28.3. The summed E-state index contributed by atoms with van der Waals surface area (Å²) in [6.07, 6.45) is 0.867. The molecule has 3 rings (SSSR count). The molecule has 1 aliphatic heterocycles. The van der Waals surface area contributed by atoms with E-state index in [0.29, 0.717) is 13.1 Å². The van der Waals surface area contributed by atoms with Crippen LogP contribution >= 0.6 is 0 Å². The van der Waals surface area contributed by atoms with E-state index in [1.807, 2.05) is 18.2 Å². The van der Waals surface area contributed by atoms with Crippen molar-refractivity contribution in [1.82, 2.24) is 20.7 Å². The predicted octanol–water partition coefficient (Wildman–Crippen LogP) is 2.39. The van der Waals surface area contributed by atoms with Gasteiger partial charge in [-0.3, -0.25) is 15.1 Å². The van der Waals surface area contributed by atoms with E-state index in [4.69, 9.17) is 0 Å². The van der Waals surface area contributed by atoms with Crippen molar-refractivity contribution in [3.63, 3.8) is 0 Å². The molecular weight excluding hydrogens is 347 g/mol. The highest BCUT2D eigenvalue weighted by atomic mass is 19.1. The second-order valence-electron chi connectivity index (χ2n) is 6.49. The number of nitrogens with one attached hydrogen (secondary N) is 2. The molecule has 2 aromatic carbocycles. The van der Waals surface area contributed by atoms with E-state index >= 15 is 0 Å². The summed E-state index contributed by atoms with van der Waals surface area (Å²) in [6.45, 7) is 3.76. The van der Waals surface area contributed by atoms with Crippen LogP contribution in [0.5, 0.6) is 0 Å². The summed E-state index contributed by atoms with van der Waals surface area (Å²) in [5, 5.41) is 0. The molecule has 1 fully saturated rings. The largest absolute Gasteiger partial charge is 0.336 e. The Bertz CT molecular complexity index is 767. The Morgan fingerprint density at radius 3 is 2.37 bits per heavy atom. The first-order chi connectivity index (χ1) is 13.1. The Hall–Kier alpha value is -2.93. The molecule has 7 heteroatoms. The third-order valence-electron chi connectivity index (χ3n) is 4.51. The number of rotatable bonds is 3. The van der Waals surface area contributed by atoms with Crippen molar-refractivity contribution in [3.8, 4) is 0 Å². The van der Waals surface area contributed by atoms with Crippen molar-refractivity contribution in [3.05, 3.63) is 71.5 Å². The average molecular weight is 370 g/mol. The van der Waals surface area contributed by atoms with E-state index in [9.17, 15) is 14.0 Å². The van der Waals surface area contributed by atoms with Gasteiger partial charge in [0.25, 0.3) is 5.91 Å². The molecule has 0 atom stereocenters. The second-order valence-corrected chi connectivity index (χ2v) is 6.49. The molecule has 0 aliphatic carbocycles. The number of halogens is 1. The monoisotopic (exact) mass is 370 g/mol. The van der Waals surface area contributed by atoms with Gasteiger partial charge in [0.2, 0.25) is 0 Å². The van der Waals surface area contributed by atoms with E-state index < -0.39 is 11.7 Å². The van der Waals surface area contributed by atoms with Gasteiger partial charge in [0.1, 0.15) is 5.82 Å². The lowest BCUT2D eigenvalue weighted by molar-refractivity contribution is 0.0930. The Kier molecular flexibility index (Phi) is 6.38. The maximum atomic E-state index is 12.9. The molecule has 1 heterocycles. The van der Waals surface area contributed by atoms with E-state index in [-0.39, 0.29) is 11.6 Å². The molecule has 27 heavy (non-hydrogen) atoms. The minimum atomic E-state index is -0.483. The molecule has 3 amide bonds. The lowest BCUT2D eigenvalue weighted by atomic mass is 10.2. The molecule has 1 saturated heterocycles. The van der Waals surface area contributed by atoms with Crippen molar-refractivity contribution in [1.29, 1.82) is 0 Å². The fraction of sp³-hybridized carbons (Fsp3) is 0.300. The van der Waals surface area contributed by atoms with Gasteiger partial charge in [-0.05, 0) is 36.2 Å². The zero-order valence-electron chi connectivity index (χ0n) is 15.0. The van der Waals surface area contributed by atoms with Crippen LogP contribution in [-0.4, -0.2) is 47.9 Å². The molecule has 0 aromatic heterocycles. The average Bonchev–Trinajstić information content (AvgIpc) is 2.93. The van der Waals surface area contributed by atoms with Crippen molar-refractivity contribution in [2.24, 2.45) is 0 Å². The molecule has 1 aliphatic rings. The van der Waals surface area contributed by atoms with Crippen molar-refractivity contribution < 1.29 is 14.0 Å². The van der Waals surface area contributed by atoms with Crippen LogP contribution in [0.25, 0.3) is 0 Å². The van der Waals surface area contributed by atoms with Crippen molar-refractivity contribution in [2.75, 3.05) is 26.2 Å². The van der Waals surface area contributed by atoms with Gasteiger partial charge in [-0.25, -0.2) is 14.6 Å². The number of hydrogen-bond donors (Lipinski definition) is 2. The van der Waals surface area contributed by atoms with E-state index in [1.54, 1.807) is 4.90 Å². The summed E-state index contributed by atoms with van der Waals surface area (Å²) in [5.41, 5.74) is 6.33. The van der Waals surface area contributed by atoms with Gasteiger partial charge < -0.3 is 4.90 Å². The van der Waals surface area contributed by atoms with Crippen molar-refractivity contribution in [2.45, 2.75) is 13.0 Å². The van der Waals surface area contributed by atoms with Crippen LogP contribution in [0.4, 0.5) is 9.18 Å². The third-order valence-corrected chi connectivity index (χ3v) is 4.51. The molecular formula is C20H23FN4O2. The Labute approximate surface area is 157 Å². The lowest BCUT2D eigenvalue weighted by Crippen LogP contribution is -2.49. The van der Waals surface area contributed by atoms with Crippen LogP contribution in [0.3, 0.4) is 0 Å². The smallest absolute Gasteiger partial charge is 0.322 e. The van der Waals surface area contributed by atoms with E-state index in [0.717, 1.165) is 26.1 Å². The van der Waals surface area contributed by atoms with Crippen LogP contribution in [0.15, 0.2) is 54.6 Å². The van der Waals surface area contributed by atoms with Gasteiger partial charge in [0.05, 0.1) is 0 Å². The van der Waals surface area contributed by atoms with E-state index in [1.165, 1.54) is 29.8 Å². The molecule has 2 N–H and O–H groups in total. The highest BCUT2D eigenvalue weighted by Crippen LogP contribution is 2.09. The minimum Gasteiger partial charge on any atom is -0.322 e. The van der Waals surface area contributed by atoms with Crippen LogP contribution in [0.1, 0.15) is 22.3 Å². The molecule has 142 valence electrons. The summed E-state index contributed by atoms with van der Waals surface area (Å²) in [7, 11) is 0. The molecule has 0 radical (unpaired) electrons. The Morgan fingerprint density at radius 1 is 0.889 bits per heavy atom. The number of amides is 3. The zero-order valence-corrected chi connectivity index (χ0v) is 15.0. The number of carbonyl (C=O) groups excluding carboxylic acids is 2. The Balaban J connectivity index is 1.46. The standard InChI is InChI=1S/C20H23FN4O2/c21-18-9-7-17(8-10-18)19(26)22-23-20(27)25-12-4-11-24(13-14-25)15-16-5-2-1-3-6-16/h1-3,5-10H,4,11-15H2,(H,22,26)(H,23,27). The van der Waals surface area contributed by atoms with Gasteiger partial charge in [0.15, 0.2) is 0 Å². The maximum absolute atomic E-state index is 12.9. The molecule has 0 bridgehead atoms. The lowest BCUT2D eigenvalue weighted by Gasteiger charge is -2.22. The highest BCUT2D eigenvalue weighted by Gasteiger charge is 2.19. The predicted molar refractivity (Wildman–Crippen MR) is 100 cm³/mol. The Morgan fingerprint density at radius 2 is 1.63 bits per heavy atom. The molecule has 2 aromatic rings. The maximum Gasteiger partial charge on any atom is 0.336 e. The number of urea groups is 1.